The first kappa shape index (κ1) is 22.6. The van der Waals surface area contributed by atoms with Crippen molar-refractivity contribution in [1.29, 1.82) is 0 Å². The second-order valence-corrected chi connectivity index (χ2v) is 8.36. The van der Waals surface area contributed by atoms with Crippen LogP contribution in [0.2, 0.25) is 10.0 Å². The summed E-state index contributed by atoms with van der Waals surface area (Å²) in [6, 6.07) is 3.84. The monoisotopic (exact) mass is 451 g/mol. The van der Waals surface area contributed by atoms with Crippen molar-refractivity contribution in [3.8, 4) is 17.1 Å². The number of amides is 2. The number of rotatable bonds is 5. The molecule has 2 amide bonds. The van der Waals surface area contributed by atoms with Crippen LogP contribution in [0.15, 0.2) is 24.5 Å². The largest absolute Gasteiger partial charge is 0.467 e. The first-order chi connectivity index (χ1) is 14.3. The molecular weight excluding hydrogens is 425 g/mol. The fraction of sp³-hybridized carbons (Fsp3) is 0.476. The average Bonchev–Trinajstić information content (AvgIpc) is 2.75. The summed E-state index contributed by atoms with van der Waals surface area (Å²) in [5.41, 5.74) is 2.20. The van der Waals surface area contributed by atoms with Gasteiger partial charge >= 0.3 is 12.0 Å². The summed E-state index contributed by atoms with van der Waals surface area (Å²) in [6.45, 7) is 3.89. The van der Waals surface area contributed by atoms with Gasteiger partial charge in [-0.15, -0.1) is 0 Å². The molecule has 1 saturated heterocycles. The Hall–Kier alpha value is -2.09. The highest BCUT2D eigenvalue weighted by molar-refractivity contribution is 6.44. The third kappa shape index (κ3) is 4.96. The summed E-state index contributed by atoms with van der Waals surface area (Å²) in [7, 11) is 5.46. The molecule has 1 atom stereocenters. The number of ether oxygens (including phenoxy) is 1. The molecule has 1 N–H and O–H groups in total. The quantitative estimate of drug-likeness (QED) is 0.735. The minimum Gasteiger partial charge on any atom is -0.467 e. The fourth-order valence-corrected chi connectivity index (χ4v) is 4.20. The molecule has 0 saturated carbocycles. The topological polar surface area (TPSA) is 70.6 Å². The molecule has 2 heterocycles. The SMILES string of the molecule is COc1ncc(-c2ccc(C(C)NC(=O)N(C)C3CCN(C)CC3)c(Cl)c2Cl)cn1. The molecule has 1 fully saturated rings. The molecule has 9 heteroatoms. The van der Waals surface area contributed by atoms with Crippen LogP contribution in [0.25, 0.3) is 11.1 Å². The van der Waals surface area contributed by atoms with Crippen LogP contribution in [0.5, 0.6) is 6.01 Å². The van der Waals surface area contributed by atoms with Gasteiger partial charge in [0.1, 0.15) is 0 Å². The second kappa shape index (κ2) is 9.81. The van der Waals surface area contributed by atoms with Gasteiger partial charge in [0.05, 0.1) is 23.2 Å². The minimum absolute atomic E-state index is 0.114. The summed E-state index contributed by atoms with van der Waals surface area (Å²) < 4.78 is 4.99. The number of benzene rings is 1. The van der Waals surface area contributed by atoms with E-state index in [1.165, 1.54) is 7.11 Å². The molecule has 0 bridgehead atoms. The highest BCUT2D eigenvalue weighted by Gasteiger charge is 2.25. The summed E-state index contributed by atoms with van der Waals surface area (Å²) in [4.78, 5) is 25.0. The zero-order valence-corrected chi connectivity index (χ0v) is 19.2. The summed E-state index contributed by atoms with van der Waals surface area (Å²) in [5, 5.41) is 3.83. The Kier molecular flexibility index (Phi) is 7.39. The minimum atomic E-state index is -0.294. The van der Waals surface area contributed by atoms with Gasteiger partial charge in [-0.25, -0.2) is 14.8 Å². The molecule has 162 valence electrons. The Bertz CT molecular complexity index is 886. The van der Waals surface area contributed by atoms with E-state index in [2.05, 4.69) is 27.2 Å². The number of aromatic nitrogens is 2. The number of halogens is 2. The number of nitrogens with zero attached hydrogens (tertiary/aromatic N) is 4. The summed E-state index contributed by atoms with van der Waals surface area (Å²) in [5.74, 6) is 0. The number of hydrogen-bond acceptors (Lipinski definition) is 5. The zero-order chi connectivity index (χ0) is 21.8. The number of carbonyl (C=O) groups excluding carboxylic acids is 1. The van der Waals surface area contributed by atoms with E-state index in [0.717, 1.165) is 42.6 Å². The highest BCUT2D eigenvalue weighted by atomic mass is 35.5. The molecule has 2 aromatic rings. The molecular formula is C21H27Cl2N5O2. The van der Waals surface area contributed by atoms with E-state index in [1.807, 2.05) is 26.1 Å². The molecule has 0 spiro atoms. The molecule has 3 rings (SSSR count). The Morgan fingerprint density at radius 2 is 1.87 bits per heavy atom. The first-order valence-corrected chi connectivity index (χ1v) is 10.6. The third-order valence-corrected chi connectivity index (χ3v) is 6.49. The van der Waals surface area contributed by atoms with Crippen LogP contribution in [0.4, 0.5) is 4.79 Å². The van der Waals surface area contributed by atoms with E-state index < -0.39 is 0 Å². The van der Waals surface area contributed by atoms with Gasteiger partial charge < -0.3 is 19.9 Å². The predicted octanol–water partition coefficient (Wildman–Crippen LogP) is 4.26. The fourth-order valence-electron chi connectivity index (χ4n) is 3.60. The van der Waals surface area contributed by atoms with E-state index in [1.54, 1.807) is 17.3 Å². The third-order valence-electron chi connectivity index (χ3n) is 5.60. The maximum absolute atomic E-state index is 12.7. The van der Waals surface area contributed by atoms with Gasteiger partial charge in [0, 0.05) is 36.6 Å². The Morgan fingerprint density at radius 3 is 2.47 bits per heavy atom. The van der Waals surface area contributed by atoms with Crippen molar-refractivity contribution in [2.24, 2.45) is 0 Å². The standard InChI is InChI=1S/C21H27Cl2N5O2/c1-13(26-21(29)28(3)15-7-9-27(2)10-8-15)16-5-6-17(19(23)18(16)22)14-11-24-20(30-4)25-12-14/h5-6,11-13,15H,7-10H2,1-4H3,(H,26,29). The Labute approximate surface area is 187 Å². The van der Waals surface area contributed by atoms with E-state index in [-0.39, 0.29) is 24.1 Å². The number of carbonyl (C=O) groups is 1. The van der Waals surface area contributed by atoms with Crippen LogP contribution in [0.3, 0.4) is 0 Å². The van der Waals surface area contributed by atoms with Crippen molar-refractivity contribution in [3.63, 3.8) is 0 Å². The van der Waals surface area contributed by atoms with Gasteiger partial charge in [-0.2, -0.15) is 0 Å². The lowest BCUT2D eigenvalue weighted by molar-refractivity contribution is 0.146. The van der Waals surface area contributed by atoms with Crippen LogP contribution in [0.1, 0.15) is 31.4 Å². The number of likely N-dealkylation sites (tertiary alicyclic amines) is 1. The lowest BCUT2D eigenvalue weighted by Crippen LogP contribution is -2.48. The van der Waals surface area contributed by atoms with Gasteiger partial charge in [-0.1, -0.05) is 35.3 Å². The van der Waals surface area contributed by atoms with Crippen LogP contribution >= 0.6 is 23.2 Å². The number of piperidine rings is 1. The molecule has 1 unspecified atom stereocenters. The van der Waals surface area contributed by atoms with Gasteiger partial charge in [-0.3, -0.25) is 0 Å². The highest BCUT2D eigenvalue weighted by Crippen LogP contribution is 2.38. The molecule has 30 heavy (non-hydrogen) atoms. The predicted molar refractivity (Wildman–Crippen MR) is 119 cm³/mol. The normalized spacial score (nSPS) is 16.2. The van der Waals surface area contributed by atoms with Crippen molar-refractivity contribution >= 4 is 29.2 Å². The molecule has 0 radical (unpaired) electrons. The van der Waals surface area contributed by atoms with Crippen molar-refractivity contribution in [3.05, 3.63) is 40.1 Å². The number of urea groups is 1. The van der Waals surface area contributed by atoms with Gasteiger partial charge in [-0.05, 0) is 45.5 Å². The number of nitrogens with one attached hydrogen (secondary N) is 1. The Morgan fingerprint density at radius 1 is 1.23 bits per heavy atom. The van der Waals surface area contributed by atoms with E-state index in [9.17, 15) is 4.79 Å². The number of hydrogen-bond donors (Lipinski definition) is 1. The van der Waals surface area contributed by atoms with Gasteiger partial charge in [0.25, 0.3) is 0 Å². The Balaban J connectivity index is 1.72. The van der Waals surface area contributed by atoms with Crippen LogP contribution in [-0.4, -0.2) is 66.1 Å². The summed E-state index contributed by atoms with van der Waals surface area (Å²) in [6.07, 6.45) is 5.20. The van der Waals surface area contributed by atoms with Crippen LogP contribution in [-0.2, 0) is 0 Å². The molecule has 7 nitrogen and oxygen atoms in total. The maximum Gasteiger partial charge on any atom is 0.317 e. The second-order valence-electron chi connectivity index (χ2n) is 7.61. The van der Waals surface area contributed by atoms with E-state index >= 15 is 0 Å². The molecule has 1 aromatic heterocycles. The van der Waals surface area contributed by atoms with Crippen LogP contribution < -0.4 is 10.1 Å². The lowest BCUT2D eigenvalue weighted by atomic mass is 10.0. The maximum atomic E-state index is 12.7. The van der Waals surface area contributed by atoms with Gasteiger partial charge in [0.15, 0.2) is 0 Å². The molecule has 1 aromatic carbocycles. The number of methoxy groups -OCH3 is 1. The van der Waals surface area contributed by atoms with E-state index in [0.29, 0.717) is 10.0 Å². The van der Waals surface area contributed by atoms with Gasteiger partial charge in [0.2, 0.25) is 0 Å². The van der Waals surface area contributed by atoms with Crippen molar-refractivity contribution in [2.45, 2.75) is 31.8 Å². The average molecular weight is 452 g/mol. The van der Waals surface area contributed by atoms with E-state index in [4.69, 9.17) is 27.9 Å². The zero-order valence-electron chi connectivity index (χ0n) is 17.7. The van der Waals surface area contributed by atoms with Crippen molar-refractivity contribution in [1.82, 2.24) is 25.1 Å². The molecule has 1 aliphatic heterocycles. The van der Waals surface area contributed by atoms with Crippen molar-refractivity contribution in [2.75, 3.05) is 34.3 Å². The van der Waals surface area contributed by atoms with Crippen molar-refractivity contribution < 1.29 is 9.53 Å². The first-order valence-electron chi connectivity index (χ1n) is 9.88. The summed E-state index contributed by atoms with van der Waals surface area (Å²) >= 11 is 13.1. The lowest BCUT2D eigenvalue weighted by Gasteiger charge is -2.35. The van der Waals surface area contributed by atoms with Crippen LogP contribution in [0, 0.1) is 0 Å². The molecule has 0 aliphatic carbocycles. The smallest absolute Gasteiger partial charge is 0.317 e. The molecule has 1 aliphatic rings.